The van der Waals surface area contributed by atoms with Gasteiger partial charge in [0.1, 0.15) is 11.5 Å². The number of hydrogen-bond acceptors (Lipinski definition) is 4. The maximum atomic E-state index is 12.8. The van der Waals surface area contributed by atoms with E-state index in [4.69, 9.17) is 4.42 Å². The molecule has 2 rings (SSSR count). The number of carbonyl (C=O) groups excluding carboxylic acids is 1. The van der Waals surface area contributed by atoms with Gasteiger partial charge in [0.05, 0.1) is 12.8 Å². The minimum absolute atomic E-state index is 0.0840. The maximum absolute atomic E-state index is 12.8. The van der Waals surface area contributed by atoms with E-state index in [0.717, 1.165) is 17.4 Å². The zero-order valence-electron chi connectivity index (χ0n) is 13.6. The minimum Gasteiger partial charge on any atom is -0.467 e. The van der Waals surface area contributed by atoms with Gasteiger partial charge in [0.25, 0.3) is 11.5 Å². The lowest BCUT2D eigenvalue weighted by Gasteiger charge is -2.22. The topological polar surface area (TPSA) is 77.5 Å². The van der Waals surface area contributed by atoms with E-state index in [1.807, 2.05) is 6.92 Å². The Hall–Kier alpha value is -2.57. The highest BCUT2D eigenvalue weighted by molar-refractivity contribution is 5.92. The average molecular weight is 319 g/mol. The number of furan rings is 1. The lowest BCUT2D eigenvalue weighted by molar-refractivity contribution is 0.0717. The fourth-order valence-electron chi connectivity index (χ4n) is 2.29. The van der Waals surface area contributed by atoms with Gasteiger partial charge in [-0.3, -0.25) is 18.7 Å². The van der Waals surface area contributed by atoms with Crippen molar-refractivity contribution in [1.82, 2.24) is 14.0 Å². The van der Waals surface area contributed by atoms with E-state index in [0.29, 0.717) is 18.8 Å². The Morgan fingerprint density at radius 3 is 2.61 bits per heavy atom. The van der Waals surface area contributed by atoms with Crippen LogP contribution in [0.3, 0.4) is 0 Å². The van der Waals surface area contributed by atoms with Gasteiger partial charge in [0, 0.05) is 26.7 Å². The Morgan fingerprint density at radius 1 is 1.26 bits per heavy atom. The monoisotopic (exact) mass is 319 g/mol. The summed E-state index contributed by atoms with van der Waals surface area (Å²) < 4.78 is 7.47. The van der Waals surface area contributed by atoms with Crippen molar-refractivity contribution in [2.24, 2.45) is 14.1 Å². The van der Waals surface area contributed by atoms with Crippen LogP contribution in [0.5, 0.6) is 0 Å². The highest BCUT2D eigenvalue weighted by Crippen LogP contribution is 2.10. The van der Waals surface area contributed by atoms with Crippen LogP contribution in [-0.4, -0.2) is 26.5 Å². The van der Waals surface area contributed by atoms with E-state index in [1.165, 1.54) is 24.7 Å². The van der Waals surface area contributed by atoms with Gasteiger partial charge in [0.15, 0.2) is 0 Å². The van der Waals surface area contributed by atoms with Crippen molar-refractivity contribution in [3.63, 3.8) is 0 Å². The molecule has 0 radical (unpaired) electrons. The lowest BCUT2D eigenvalue weighted by atomic mass is 10.2. The number of amides is 1. The Labute approximate surface area is 133 Å². The molecule has 0 fully saturated rings. The van der Waals surface area contributed by atoms with Crippen LogP contribution in [0.4, 0.5) is 0 Å². The van der Waals surface area contributed by atoms with Gasteiger partial charge in [-0.15, -0.1) is 0 Å². The molecule has 0 saturated heterocycles. The molecule has 0 atom stereocenters. The summed E-state index contributed by atoms with van der Waals surface area (Å²) in [6, 6.07) is 4.74. The molecule has 0 N–H and O–H groups in total. The third-order valence-corrected chi connectivity index (χ3v) is 3.74. The molecule has 0 spiro atoms. The molecule has 2 aromatic heterocycles. The first-order valence-corrected chi connectivity index (χ1v) is 7.54. The Balaban J connectivity index is 2.37. The summed E-state index contributed by atoms with van der Waals surface area (Å²) in [4.78, 5) is 38.2. The highest BCUT2D eigenvalue weighted by atomic mass is 16.3. The zero-order valence-corrected chi connectivity index (χ0v) is 13.6. The van der Waals surface area contributed by atoms with Crippen LogP contribution in [0.2, 0.25) is 0 Å². The van der Waals surface area contributed by atoms with Gasteiger partial charge >= 0.3 is 5.69 Å². The van der Waals surface area contributed by atoms with Crippen LogP contribution < -0.4 is 11.2 Å². The first kappa shape index (κ1) is 16.8. The second-order valence-corrected chi connectivity index (χ2v) is 5.43. The molecule has 0 aliphatic rings. The SMILES string of the molecule is CCCCN(Cc1ccco1)C(=O)c1cc(=O)n(C)c(=O)n1C. The summed E-state index contributed by atoms with van der Waals surface area (Å²) in [6.45, 7) is 2.86. The van der Waals surface area contributed by atoms with E-state index < -0.39 is 11.2 Å². The number of carbonyl (C=O) groups is 1. The molecule has 0 aliphatic heterocycles. The van der Waals surface area contributed by atoms with Crippen molar-refractivity contribution in [2.75, 3.05) is 6.54 Å². The predicted molar refractivity (Wildman–Crippen MR) is 85.3 cm³/mol. The van der Waals surface area contributed by atoms with E-state index in [2.05, 4.69) is 0 Å². The van der Waals surface area contributed by atoms with Gasteiger partial charge < -0.3 is 9.32 Å². The van der Waals surface area contributed by atoms with Crippen molar-refractivity contribution in [1.29, 1.82) is 0 Å². The second kappa shape index (κ2) is 7.13. The zero-order chi connectivity index (χ0) is 17.0. The van der Waals surface area contributed by atoms with Crippen molar-refractivity contribution in [3.8, 4) is 0 Å². The molecular formula is C16H21N3O4. The summed E-state index contributed by atoms with van der Waals surface area (Å²) in [7, 11) is 2.87. The number of rotatable bonds is 6. The molecule has 124 valence electrons. The number of aromatic nitrogens is 2. The normalized spacial score (nSPS) is 10.7. The van der Waals surface area contributed by atoms with Gasteiger partial charge in [0.2, 0.25) is 0 Å². The molecule has 23 heavy (non-hydrogen) atoms. The van der Waals surface area contributed by atoms with Crippen LogP contribution in [0.15, 0.2) is 38.5 Å². The maximum Gasteiger partial charge on any atom is 0.331 e. The molecule has 0 bridgehead atoms. The van der Waals surface area contributed by atoms with Crippen LogP contribution in [0.1, 0.15) is 36.0 Å². The summed E-state index contributed by atoms with van der Waals surface area (Å²) in [5, 5.41) is 0. The fourth-order valence-corrected chi connectivity index (χ4v) is 2.29. The molecule has 2 heterocycles. The van der Waals surface area contributed by atoms with Crippen molar-refractivity contribution >= 4 is 5.91 Å². The Morgan fingerprint density at radius 2 is 2.00 bits per heavy atom. The molecular weight excluding hydrogens is 298 g/mol. The van der Waals surface area contributed by atoms with E-state index in [-0.39, 0.29) is 11.6 Å². The van der Waals surface area contributed by atoms with Crippen molar-refractivity contribution in [3.05, 3.63) is 56.8 Å². The van der Waals surface area contributed by atoms with Crippen LogP contribution in [0, 0.1) is 0 Å². The largest absolute Gasteiger partial charge is 0.467 e. The first-order chi connectivity index (χ1) is 11.0. The average Bonchev–Trinajstić information content (AvgIpc) is 3.05. The molecule has 7 heteroatoms. The fraction of sp³-hybridized carbons (Fsp3) is 0.438. The number of nitrogens with zero attached hydrogens (tertiary/aromatic N) is 3. The molecule has 0 aromatic carbocycles. The molecule has 7 nitrogen and oxygen atoms in total. The minimum atomic E-state index is -0.519. The molecule has 0 unspecified atom stereocenters. The summed E-state index contributed by atoms with van der Waals surface area (Å²) in [5.41, 5.74) is -0.931. The third-order valence-electron chi connectivity index (χ3n) is 3.74. The Kier molecular flexibility index (Phi) is 5.20. The number of hydrogen-bond donors (Lipinski definition) is 0. The van der Waals surface area contributed by atoms with E-state index >= 15 is 0 Å². The van der Waals surface area contributed by atoms with Crippen LogP contribution in [-0.2, 0) is 20.6 Å². The quantitative estimate of drug-likeness (QED) is 0.799. The van der Waals surface area contributed by atoms with Gasteiger partial charge in [-0.05, 0) is 18.6 Å². The van der Waals surface area contributed by atoms with Crippen LogP contribution >= 0.6 is 0 Å². The van der Waals surface area contributed by atoms with Crippen molar-refractivity contribution < 1.29 is 9.21 Å². The van der Waals surface area contributed by atoms with E-state index in [9.17, 15) is 14.4 Å². The number of unbranched alkanes of at least 4 members (excludes halogenated alkanes) is 1. The standard InChI is InChI=1S/C16H21N3O4/c1-4-5-8-19(11-12-7-6-9-23-12)15(21)13-10-14(20)18(3)16(22)17(13)2/h6-7,9-10H,4-5,8,11H2,1-3H3. The molecule has 2 aromatic rings. The highest BCUT2D eigenvalue weighted by Gasteiger charge is 2.21. The van der Waals surface area contributed by atoms with E-state index in [1.54, 1.807) is 23.3 Å². The lowest BCUT2D eigenvalue weighted by Crippen LogP contribution is -2.42. The Bertz CT molecular complexity index is 787. The predicted octanol–water partition coefficient (Wildman–Crippen LogP) is 1.12. The van der Waals surface area contributed by atoms with Gasteiger partial charge in [-0.1, -0.05) is 13.3 Å². The first-order valence-electron chi connectivity index (χ1n) is 7.54. The van der Waals surface area contributed by atoms with Crippen LogP contribution in [0.25, 0.3) is 0 Å². The summed E-state index contributed by atoms with van der Waals surface area (Å²) in [5.74, 6) is 0.301. The van der Waals surface area contributed by atoms with Gasteiger partial charge in [-0.25, -0.2) is 4.79 Å². The summed E-state index contributed by atoms with van der Waals surface area (Å²) in [6.07, 6.45) is 3.30. The van der Waals surface area contributed by atoms with Crippen molar-refractivity contribution in [2.45, 2.75) is 26.3 Å². The van der Waals surface area contributed by atoms with Gasteiger partial charge in [-0.2, -0.15) is 0 Å². The third kappa shape index (κ3) is 3.61. The summed E-state index contributed by atoms with van der Waals surface area (Å²) >= 11 is 0. The molecule has 0 aliphatic carbocycles. The molecule has 0 saturated carbocycles. The second-order valence-electron chi connectivity index (χ2n) is 5.43. The smallest absolute Gasteiger partial charge is 0.331 e. The molecule has 1 amide bonds.